The van der Waals surface area contributed by atoms with E-state index in [1.165, 1.54) is 0 Å². The summed E-state index contributed by atoms with van der Waals surface area (Å²) in [7, 11) is 1.61. The maximum atomic E-state index is 8.96. The van der Waals surface area contributed by atoms with E-state index in [-0.39, 0.29) is 0 Å². The lowest BCUT2D eigenvalue weighted by atomic mass is 10.2. The number of pyridine rings is 1. The highest BCUT2D eigenvalue weighted by Crippen LogP contribution is 2.38. The van der Waals surface area contributed by atoms with Crippen LogP contribution in [0.5, 0.6) is 5.75 Å². The van der Waals surface area contributed by atoms with Crippen molar-refractivity contribution in [2.45, 2.75) is 0 Å². The molecule has 1 aromatic carbocycles. The molecule has 3 nitrogen and oxygen atoms in total. The summed E-state index contributed by atoms with van der Waals surface area (Å²) in [5, 5.41) is 10.0. The molecule has 4 heteroatoms. The van der Waals surface area contributed by atoms with E-state index in [2.05, 4.69) is 11.1 Å². The number of nitriles is 1. The van der Waals surface area contributed by atoms with E-state index in [0.29, 0.717) is 11.4 Å². The van der Waals surface area contributed by atoms with Crippen LogP contribution in [0.2, 0.25) is 0 Å². The number of ether oxygens (including phenoxy) is 1. The Morgan fingerprint density at radius 3 is 2.94 bits per heavy atom. The molecule has 0 aliphatic rings. The number of nitrogens with zero attached hydrogens (tertiary/aromatic N) is 2. The van der Waals surface area contributed by atoms with Crippen LogP contribution in [0, 0.1) is 11.3 Å². The lowest BCUT2D eigenvalue weighted by molar-refractivity contribution is 0.420. The topological polar surface area (TPSA) is 45.9 Å². The van der Waals surface area contributed by atoms with Gasteiger partial charge in [0.2, 0.25) is 0 Å². The summed E-state index contributed by atoms with van der Waals surface area (Å²) in [6.45, 7) is 0. The van der Waals surface area contributed by atoms with Crippen molar-refractivity contribution in [1.82, 2.24) is 4.98 Å². The van der Waals surface area contributed by atoms with Crippen LogP contribution in [-0.4, -0.2) is 12.1 Å². The van der Waals surface area contributed by atoms with Gasteiger partial charge in [-0.2, -0.15) is 5.26 Å². The zero-order chi connectivity index (χ0) is 11.8. The molecule has 0 saturated carbocycles. The molecule has 3 rings (SSSR count). The maximum Gasteiger partial charge on any atom is 0.144 e. The Bertz CT molecular complexity index is 755. The monoisotopic (exact) mass is 240 g/mol. The standard InChI is InChI=1S/C13H8N2OS/c1-16-10-6-8(7-14)15-12-9-4-2-3-5-11(9)17-13(10)12/h2-6H,1H3. The molecule has 82 valence electrons. The average molecular weight is 240 g/mol. The number of fused-ring (bicyclic) bond motifs is 3. The Morgan fingerprint density at radius 1 is 1.35 bits per heavy atom. The summed E-state index contributed by atoms with van der Waals surface area (Å²) in [6, 6.07) is 11.8. The van der Waals surface area contributed by atoms with Crippen LogP contribution in [0.25, 0.3) is 20.3 Å². The molecule has 0 bridgehead atoms. The normalized spacial score (nSPS) is 10.6. The van der Waals surface area contributed by atoms with Gasteiger partial charge in [-0.15, -0.1) is 11.3 Å². The second-order valence-electron chi connectivity index (χ2n) is 3.60. The summed E-state index contributed by atoms with van der Waals surface area (Å²) >= 11 is 1.64. The molecule has 0 aliphatic carbocycles. The highest BCUT2D eigenvalue weighted by Gasteiger charge is 2.12. The SMILES string of the molecule is COc1cc(C#N)nc2c1sc1ccccc12. The molecule has 0 N–H and O–H groups in total. The molecule has 0 spiro atoms. The van der Waals surface area contributed by atoms with Crippen molar-refractivity contribution in [3.63, 3.8) is 0 Å². The minimum Gasteiger partial charge on any atom is -0.495 e. The first-order chi connectivity index (χ1) is 8.33. The molecular formula is C13H8N2OS. The maximum absolute atomic E-state index is 8.96. The third kappa shape index (κ3) is 1.44. The molecule has 0 atom stereocenters. The van der Waals surface area contributed by atoms with E-state index in [4.69, 9.17) is 10.00 Å². The Morgan fingerprint density at radius 2 is 2.18 bits per heavy atom. The van der Waals surface area contributed by atoms with Crippen molar-refractivity contribution in [1.29, 1.82) is 5.26 Å². The van der Waals surface area contributed by atoms with Crippen molar-refractivity contribution in [2.75, 3.05) is 7.11 Å². The molecule has 0 aliphatic heterocycles. The van der Waals surface area contributed by atoms with E-state index in [0.717, 1.165) is 20.3 Å². The lowest BCUT2D eigenvalue weighted by Gasteiger charge is -2.00. The van der Waals surface area contributed by atoms with Gasteiger partial charge < -0.3 is 4.74 Å². The first kappa shape index (κ1) is 10.1. The van der Waals surface area contributed by atoms with Crippen LogP contribution >= 0.6 is 11.3 Å². The number of aromatic nitrogens is 1. The van der Waals surface area contributed by atoms with Crippen LogP contribution in [0.15, 0.2) is 30.3 Å². The number of hydrogen-bond acceptors (Lipinski definition) is 4. The minimum absolute atomic E-state index is 0.387. The van der Waals surface area contributed by atoms with Gasteiger partial charge in [0, 0.05) is 16.2 Å². The molecule has 0 saturated heterocycles. The van der Waals surface area contributed by atoms with Gasteiger partial charge in [0.25, 0.3) is 0 Å². The fraction of sp³-hybridized carbons (Fsp3) is 0.0769. The molecule has 0 amide bonds. The van der Waals surface area contributed by atoms with E-state index < -0.39 is 0 Å². The van der Waals surface area contributed by atoms with Gasteiger partial charge in [-0.05, 0) is 6.07 Å². The molecular weight excluding hydrogens is 232 g/mol. The summed E-state index contributed by atoms with van der Waals surface area (Å²) in [4.78, 5) is 4.36. The third-order valence-corrected chi connectivity index (χ3v) is 3.80. The van der Waals surface area contributed by atoms with Crippen LogP contribution in [0.4, 0.5) is 0 Å². The van der Waals surface area contributed by atoms with Crippen molar-refractivity contribution in [2.24, 2.45) is 0 Å². The summed E-state index contributed by atoms with van der Waals surface area (Å²) in [5.74, 6) is 0.716. The van der Waals surface area contributed by atoms with Gasteiger partial charge in [0.15, 0.2) is 0 Å². The molecule has 2 heterocycles. The van der Waals surface area contributed by atoms with Crippen LogP contribution < -0.4 is 4.74 Å². The van der Waals surface area contributed by atoms with Gasteiger partial charge >= 0.3 is 0 Å². The van der Waals surface area contributed by atoms with E-state index >= 15 is 0 Å². The number of methoxy groups -OCH3 is 1. The smallest absolute Gasteiger partial charge is 0.144 e. The predicted octanol–water partition coefficient (Wildman–Crippen LogP) is 3.33. The van der Waals surface area contributed by atoms with Gasteiger partial charge in [0.1, 0.15) is 17.5 Å². The van der Waals surface area contributed by atoms with Crippen LogP contribution in [-0.2, 0) is 0 Å². The predicted molar refractivity (Wildman–Crippen MR) is 68.4 cm³/mol. The van der Waals surface area contributed by atoms with E-state index in [9.17, 15) is 0 Å². The molecule has 0 unspecified atom stereocenters. The molecule has 0 radical (unpaired) electrons. The van der Waals surface area contributed by atoms with Gasteiger partial charge in [0.05, 0.1) is 17.3 Å². The van der Waals surface area contributed by atoms with Gasteiger partial charge in [-0.25, -0.2) is 4.98 Å². The largest absolute Gasteiger partial charge is 0.495 e. The Kier molecular flexibility index (Phi) is 2.20. The molecule has 0 fully saturated rings. The number of benzene rings is 1. The second-order valence-corrected chi connectivity index (χ2v) is 4.65. The summed E-state index contributed by atoms with van der Waals surface area (Å²) < 4.78 is 7.47. The van der Waals surface area contributed by atoms with Crippen molar-refractivity contribution in [3.05, 3.63) is 36.0 Å². The molecule has 2 aromatic heterocycles. The summed E-state index contributed by atoms with van der Waals surface area (Å²) in [6.07, 6.45) is 0. The van der Waals surface area contributed by atoms with Crippen molar-refractivity contribution in [3.8, 4) is 11.8 Å². The second kappa shape index (κ2) is 3.72. The first-order valence-electron chi connectivity index (χ1n) is 5.10. The van der Waals surface area contributed by atoms with E-state index in [1.54, 1.807) is 24.5 Å². The number of hydrogen-bond donors (Lipinski definition) is 0. The highest BCUT2D eigenvalue weighted by molar-refractivity contribution is 7.26. The lowest BCUT2D eigenvalue weighted by Crippen LogP contribution is -1.88. The van der Waals surface area contributed by atoms with Crippen molar-refractivity contribution < 1.29 is 4.74 Å². The zero-order valence-corrected chi connectivity index (χ0v) is 9.91. The van der Waals surface area contributed by atoms with Crippen molar-refractivity contribution >= 4 is 31.6 Å². The number of rotatable bonds is 1. The van der Waals surface area contributed by atoms with Gasteiger partial charge in [-0.3, -0.25) is 0 Å². The fourth-order valence-electron chi connectivity index (χ4n) is 1.86. The van der Waals surface area contributed by atoms with E-state index in [1.807, 2.05) is 24.3 Å². The average Bonchev–Trinajstić information content (AvgIpc) is 2.76. The quantitative estimate of drug-likeness (QED) is 0.655. The van der Waals surface area contributed by atoms with Gasteiger partial charge in [-0.1, -0.05) is 18.2 Å². The Balaban J connectivity index is 2.53. The third-order valence-electron chi connectivity index (χ3n) is 2.63. The minimum atomic E-state index is 0.387. The Labute approximate surface area is 102 Å². The van der Waals surface area contributed by atoms with Crippen LogP contribution in [0.1, 0.15) is 5.69 Å². The molecule has 17 heavy (non-hydrogen) atoms. The molecule has 3 aromatic rings. The summed E-state index contributed by atoms with van der Waals surface area (Å²) in [5.41, 5.74) is 1.24. The fourth-order valence-corrected chi connectivity index (χ4v) is 3.00. The number of thiophene rings is 1. The zero-order valence-electron chi connectivity index (χ0n) is 9.10. The Hall–Kier alpha value is -2.12. The first-order valence-corrected chi connectivity index (χ1v) is 5.91. The van der Waals surface area contributed by atoms with Crippen LogP contribution in [0.3, 0.4) is 0 Å². The highest BCUT2D eigenvalue weighted by atomic mass is 32.1.